The van der Waals surface area contributed by atoms with Crippen molar-refractivity contribution in [3.8, 4) is 0 Å². The molecule has 3 rings (SSSR count). The fourth-order valence-electron chi connectivity index (χ4n) is 2.68. The molecule has 0 bridgehead atoms. The Balaban J connectivity index is 1.80. The van der Waals surface area contributed by atoms with E-state index in [1.807, 2.05) is 0 Å². The van der Waals surface area contributed by atoms with E-state index in [0.29, 0.717) is 30.2 Å². The fraction of sp³-hybridized carbons (Fsp3) is 0.250. The Kier molecular flexibility index (Phi) is 4.84. The Morgan fingerprint density at radius 1 is 1.21 bits per heavy atom. The standard InChI is InChI=1S/C16H16ClN3O3S/c17-12-8-9-15(18-11-12)19-16(21)14-7-4-10-20(14)24(22,23)13-5-2-1-3-6-13/h1-3,5-6,8-9,11,14H,4,7,10H2,(H,18,19,21)/t14-/m0/s1. The Morgan fingerprint density at radius 2 is 1.96 bits per heavy atom. The molecule has 1 aromatic heterocycles. The van der Waals surface area contributed by atoms with Gasteiger partial charge in [-0.3, -0.25) is 4.79 Å². The number of rotatable bonds is 4. The lowest BCUT2D eigenvalue weighted by atomic mass is 10.2. The van der Waals surface area contributed by atoms with Gasteiger partial charge >= 0.3 is 0 Å². The van der Waals surface area contributed by atoms with Crippen LogP contribution in [0, 0.1) is 0 Å². The van der Waals surface area contributed by atoms with Crippen molar-refractivity contribution in [2.45, 2.75) is 23.8 Å². The lowest BCUT2D eigenvalue weighted by Gasteiger charge is -2.23. The third-order valence-corrected chi connectivity index (χ3v) is 5.98. The number of halogens is 1. The molecule has 1 fully saturated rings. The number of pyridine rings is 1. The second kappa shape index (κ2) is 6.88. The van der Waals surface area contributed by atoms with E-state index in [9.17, 15) is 13.2 Å². The molecule has 1 aromatic carbocycles. The average molecular weight is 366 g/mol. The highest BCUT2D eigenvalue weighted by Gasteiger charge is 2.39. The van der Waals surface area contributed by atoms with Crippen molar-refractivity contribution >= 4 is 33.3 Å². The molecule has 1 aliphatic heterocycles. The van der Waals surface area contributed by atoms with Crippen LogP contribution in [0.2, 0.25) is 5.02 Å². The number of nitrogens with one attached hydrogen (secondary N) is 1. The Bertz CT molecular complexity index is 825. The summed E-state index contributed by atoms with van der Waals surface area (Å²) in [6, 6.07) is 10.6. The molecule has 0 spiro atoms. The van der Waals surface area contributed by atoms with Crippen LogP contribution in [0.3, 0.4) is 0 Å². The first kappa shape index (κ1) is 16.9. The highest BCUT2D eigenvalue weighted by molar-refractivity contribution is 7.89. The van der Waals surface area contributed by atoms with Gasteiger partial charge in [-0.1, -0.05) is 29.8 Å². The van der Waals surface area contributed by atoms with Gasteiger partial charge < -0.3 is 5.32 Å². The van der Waals surface area contributed by atoms with Crippen molar-refractivity contribution in [1.82, 2.24) is 9.29 Å². The van der Waals surface area contributed by atoms with Crippen LogP contribution in [0.15, 0.2) is 53.6 Å². The predicted octanol–water partition coefficient (Wildman–Crippen LogP) is 2.53. The second-order valence-electron chi connectivity index (χ2n) is 5.44. The Hall–Kier alpha value is -1.96. The number of aromatic nitrogens is 1. The zero-order valence-electron chi connectivity index (χ0n) is 12.7. The number of benzene rings is 1. The van der Waals surface area contributed by atoms with Crippen LogP contribution in [0.1, 0.15) is 12.8 Å². The van der Waals surface area contributed by atoms with Gasteiger partial charge in [0.1, 0.15) is 11.9 Å². The minimum atomic E-state index is -3.70. The van der Waals surface area contributed by atoms with Gasteiger partial charge in [-0.05, 0) is 37.1 Å². The maximum absolute atomic E-state index is 12.8. The molecular formula is C16H16ClN3O3S. The highest BCUT2D eigenvalue weighted by Crippen LogP contribution is 2.26. The number of nitrogens with zero attached hydrogens (tertiary/aromatic N) is 2. The minimum Gasteiger partial charge on any atom is -0.309 e. The van der Waals surface area contributed by atoms with Crippen molar-refractivity contribution < 1.29 is 13.2 Å². The van der Waals surface area contributed by atoms with Gasteiger partial charge in [0.15, 0.2) is 0 Å². The van der Waals surface area contributed by atoms with E-state index in [1.165, 1.54) is 22.6 Å². The average Bonchev–Trinajstić information content (AvgIpc) is 3.08. The number of hydrogen-bond acceptors (Lipinski definition) is 4. The number of anilines is 1. The van der Waals surface area contributed by atoms with E-state index in [-0.39, 0.29) is 10.8 Å². The van der Waals surface area contributed by atoms with Crippen molar-refractivity contribution in [2.75, 3.05) is 11.9 Å². The normalized spacial score (nSPS) is 18.5. The molecule has 2 heterocycles. The van der Waals surface area contributed by atoms with Crippen LogP contribution in [0.4, 0.5) is 5.82 Å². The van der Waals surface area contributed by atoms with Crippen LogP contribution in [0.5, 0.6) is 0 Å². The lowest BCUT2D eigenvalue weighted by Crippen LogP contribution is -2.43. The quantitative estimate of drug-likeness (QED) is 0.902. The van der Waals surface area contributed by atoms with Crippen molar-refractivity contribution in [2.24, 2.45) is 0 Å². The molecule has 1 N–H and O–H groups in total. The number of carbonyl (C=O) groups excluding carboxylic acids is 1. The summed E-state index contributed by atoms with van der Waals surface area (Å²) in [4.78, 5) is 16.7. The van der Waals surface area contributed by atoms with E-state index in [4.69, 9.17) is 11.6 Å². The summed E-state index contributed by atoms with van der Waals surface area (Å²) in [5.74, 6) is -0.0461. The molecule has 8 heteroatoms. The van der Waals surface area contributed by atoms with Crippen molar-refractivity contribution in [3.63, 3.8) is 0 Å². The van der Waals surface area contributed by atoms with Gasteiger partial charge in [-0.15, -0.1) is 0 Å². The van der Waals surface area contributed by atoms with E-state index in [1.54, 1.807) is 30.3 Å². The van der Waals surface area contributed by atoms with E-state index < -0.39 is 16.1 Å². The van der Waals surface area contributed by atoms with Gasteiger partial charge in [0.25, 0.3) is 0 Å². The maximum Gasteiger partial charge on any atom is 0.243 e. The molecule has 0 radical (unpaired) electrons. The lowest BCUT2D eigenvalue weighted by molar-refractivity contribution is -0.119. The highest BCUT2D eigenvalue weighted by atomic mass is 35.5. The second-order valence-corrected chi connectivity index (χ2v) is 7.76. The first-order valence-electron chi connectivity index (χ1n) is 7.48. The molecule has 1 aliphatic rings. The summed E-state index contributed by atoms with van der Waals surface area (Å²) in [6.45, 7) is 0.323. The number of hydrogen-bond donors (Lipinski definition) is 1. The molecule has 126 valence electrons. The SMILES string of the molecule is O=C(Nc1ccc(Cl)cn1)[C@@H]1CCCN1S(=O)(=O)c1ccccc1. The Morgan fingerprint density at radius 3 is 2.62 bits per heavy atom. The maximum atomic E-state index is 12.8. The van der Waals surface area contributed by atoms with E-state index in [2.05, 4.69) is 10.3 Å². The molecule has 0 aliphatic carbocycles. The van der Waals surface area contributed by atoms with Crippen molar-refractivity contribution in [3.05, 3.63) is 53.7 Å². The van der Waals surface area contributed by atoms with Crippen LogP contribution < -0.4 is 5.32 Å². The summed E-state index contributed by atoms with van der Waals surface area (Å²) in [5.41, 5.74) is 0. The first-order valence-corrected chi connectivity index (χ1v) is 9.29. The number of sulfonamides is 1. The molecule has 24 heavy (non-hydrogen) atoms. The summed E-state index contributed by atoms with van der Waals surface area (Å²) in [5, 5.41) is 3.11. The molecule has 1 atom stereocenters. The molecule has 6 nitrogen and oxygen atoms in total. The molecule has 1 amide bonds. The zero-order chi connectivity index (χ0) is 17.2. The third-order valence-electron chi connectivity index (χ3n) is 3.83. The predicted molar refractivity (Wildman–Crippen MR) is 91.2 cm³/mol. The monoisotopic (exact) mass is 365 g/mol. The number of amides is 1. The molecule has 0 unspecified atom stereocenters. The van der Waals surface area contributed by atoms with Gasteiger partial charge in [0.2, 0.25) is 15.9 Å². The van der Waals surface area contributed by atoms with Crippen LogP contribution in [-0.4, -0.2) is 36.2 Å². The molecule has 2 aromatic rings. The van der Waals surface area contributed by atoms with Crippen molar-refractivity contribution in [1.29, 1.82) is 0 Å². The zero-order valence-corrected chi connectivity index (χ0v) is 14.3. The first-order chi connectivity index (χ1) is 11.5. The van der Waals surface area contributed by atoms with Gasteiger partial charge in [-0.25, -0.2) is 13.4 Å². The third kappa shape index (κ3) is 3.43. The summed E-state index contributed by atoms with van der Waals surface area (Å²) < 4.78 is 26.8. The van der Waals surface area contributed by atoms with Gasteiger partial charge in [-0.2, -0.15) is 4.31 Å². The summed E-state index contributed by atoms with van der Waals surface area (Å²) >= 11 is 5.76. The fourth-order valence-corrected chi connectivity index (χ4v) is 4.47. The number of carbonyl (C=O) groups is 1. The minimum absolute atomic E-state index is 0.189. The van der Waals surface area contributed by atoms with Gasteiger partial charge in [0, 0.05) is 12.7 Å². The smallest absolute Gasteiger partial charge is 0.243 e. The van der Waals surface area contributed by atoms with E-state index >= 15 is 0 Å². The summed E-state index contributed by atoms with van der Waals surface area (Å²) in [7, 11) is -3.70. The van der Waals surface area contributed by atoms with Crippen LogP contribution in [-0.2, 0) is 14.8 Å². The van der Waals surface area contributed by atoms with Crippen LogP contribution in [0.25, 0.3) is 0 Å². The molecular weight excluding hydrogens is 350 g/mol. The molecule has 0 saturated carbocycles. The van der Waals surface area contributed by atoms with E-state index in [0.717, 1.165) is 0 Å². The Labute approximate surface area is 145 Å². The van der Waals surface area contributed by atoms with Gasteiger partial charge in [0.05, 0.1) is 9.92 Å². The summed E-state index contributed by atoms with van der Waals surface area (Å²) in [6.07, 6.45) is 2.54. The molecule has 1 saturated heterocycles. The largest absolute Gasteiger partial charge is 0.309 e. The van der Waals surface area contributed by atoms with Crippen LogP contribution >= 0.6 is 11.6 Å². The topological polar surface area (TPSA) is 79.4 Å².